The number of nitrogens with zero attached hydrogens (tertiary/aromatic N) is 2. The molecule has 0 N–H and O–H groups in total. The molecule has 0 aromatic heterocycles. The topological polar surface area (TPSA) is 49.9 Å². The van der Waals surface area contributed by atoms with Crippen molar-refractivity contribution in [2.45, 2.75) is 19.5 Å². The van der Waals surface area contributed by atoms with Crippen LogP contribution in [0.4, 0.5) is 0 Å². The molecule has 0 spiro atoms. The third-order valence-electron chi connectivity index (χ3n) is 6.01. The molecule has 27 heavy (non-hydrogen) atoms. The number of benzene rings is 2. The lowest BCUT2D eigenvalue weighted by atomic mass is 9.78. The predicted molar refractivity (Wildman–Crippen MR) is 103 cm³/mol. The molecule has 0 saturated carbocycles. The zero-order chi connectivity index (χ0) is 19.2. The van der Waals surface area contributed by atoms with Gasteiger partial charge >= 0.3 is 0 Å². The average Bonchev–Trinajstić information content (AvgIpc) is 3.01. The first-order valence-electron chi connectivity index (χ1n) is 9.21. The van der Waals surface area contributed by atoms with Gasteiger partial charge in [0.05, 0.1) is 24.1 Å². The number of carbonyl (C=O) groups is 2. The van der Waals surface area contributed by atoms with E-state index in [9.17, 15) is 9.59 Å². The Hall–Kier alpha value is -2.66. The lowest BCUT2D eigenvalue weighted by Gasteiger charge is -2.32. The van der Waals surface area contributed by atoms with E-state index in [2.05, 4.69) is 4.90 Å². The molecule has 2 aromatic carbocycles. The van der Waals surface area contributed by atoms with Crippen molar-refractivity contribution >= 4 is 11.7 Å². The Morgan fingerprint density at radius 1 is 1.07 bits per heavy atom. The molecule has 0 radical (unpaired) electrons. The summed E-state index contributed by atoms with van der Waals surface area (Å²) in [6, 6.07) is 15.0. The van der Waals surface area contributed by atoms with Crippen molar-refractivity contribution in [2.75, 3.05) is 27.2 Å². The van der Waals surface area contributed by atoms with Crippen molar-refractivity contribution in [1.82, 2.24) is 9.80 Å². The Morgan fingerprint density at radius 2 is 1.74 bits per heavy atom. The summed E-state index contributed by atoms with van der Waals surface area (Å²) < 4.78 is 5.47. The van der Waals surface area contributed by atoms with Crippen LogP contribution < -0.4 is 4.74 Å². The first-order valence-corrected chi connectivity index (χ1v) is 9.21. The molecular weight excluding hydrogens is 340 g/mol. The second-order valence-electron chi connectivity index (χ2n) is 7.71. The van der Waals surface area contributed by atoms with Gasteiger partial charge in [0.2, 0.25) is 0 Å². The Balaban J connectivity index is 1.68. The Labute approximate surface area is 159 Å². The van der Waals surface area contributed by atoms with Gasteiger partial charge in [-0.2, -0.15) is 0 Å². The molecule has 2 heterocycles. The monoisotopic (exact) mass is 364 g/mol. The van der Waals surface area contributed by atoms with Crippen molar-refractivity contribution in [3.63, 3.8) is 0 Å². The maximum absolute atomic E-state index is 13.4. The molecule has 0 unspecified atom stereocenters. The van der Waals surface area contributed by atoms with Gasteiger partial charge in [0.15, 0.2) is 5.78 Å². The average molecular weight is 364 g/mol. The standard InChI is InChI=1S/C22H24N2O3/c1-22-14-24(12-15-8-4-7-11-18(15)27-3)13-19(22)23(2)21(26)17-10-6-5-9-16(17)20(22)25/h4-11,19H,12-14H2,1-3H3/t19-,22+/m1/s1. The maximum Gasteiger partial charge on any atom is 0.254 e. The van der Waals surface area contributed by atoms with E-state index in [0.717, 1.165) is 11.3 Å². The lowest BCUT2D eigenvalue weighted by molar-refractivity contribution is 0.0606. The van der Waals surface area contributed by atoms with Gasteiger partial charge in [-0.3, -0.25) is 14.5 Å². The Kier molecular flexibility index (Phi) is 4.27. The van der Waals surface area contributed by atoms with E-state index in [1.165, 1.54) is 0 Å². The number of amides is 1. The van der Waals surface area contributed by atoms with E-state index in [4.69, 9.17) is 4.74 Å². The van der Waals surface area contributed by atoms with Crippen LogP contribution in [0.5, 0.6) is 5.75 Å². The number of para-hydroxylation sites is 1. The van der Waals surface area contributed by atoms with Gasteiger partial charge in [-0.05, 0) is 19.1 Å². The number of ether oxygens (including phenoxy) is 1. The van der Waals surface area contributed by atoms with Crippen molar-refractivity contribution < 1.29 is 14.3 Å². The second-order valence-corrected chi connectivity index (χ2v) is 7.71. The highest BCUT2D eigenvalue weighted by Crippen LogP contribution is 2.41. The third-order valence-corrected chi connectivity index (χ3v) is 6.01. The smallest absolute Gasteiger partial charge is 0.254 e. The minimum atomic E-state index is -0.626. The Bertz CT molecular complexity index is 910. The highest BCUT2D eigenvalue weighted by molar-refractivity contribution is 6.12. The molecule has 4 rings (SSSR count). The third kappa shape index (κ3) is 2.73. The molecule has 2 atom stereocenters. The number of likely N-dealkylation sites (tertiary alicyclic amines) is 1. The van der Waals surface area contributed by atoms with Crippen LogP contribution >= 0.6 is 0 Å². The second kappa shape index (κ2) is 6.50. The quantitative estimate of drug-likeness (QED) is 0.840. The number of Topliss-reactive ketones (excluding diaryl/α,β-unsaturated/α-hetero) is 1. The summed E-state index contributed by atoms with van der Waals surface area (Å²) in [5, 5.41) is 0. The van der Waals surface area contributed by atoms with E-state index < -0.39 is 5.41 Å². The number of methoxy groups -OCH3 is 1. The van der Waals surface area contributed by atoms with Gasteiger partial charge in [-0.1, -0.05) is 36.4 Å². The van der Waals surface area contributed by atoms with Crippen molar-refractivity contribution in [3.05, 3.63) is 65.2 Å². The van der Waals surface area contributed by atoms with E-state index in [1.54, 1.807) is 24.1 Å². The van der Waals surface area contributed by atoms with Gasteiger partial charge in [-0.25, -0.2) is 0 Å². The largest absolute Gasteiger partial charge is 0.496 e. The molecule has 5 heteroatoms. The molecule has 0 aliphatic carbocycles. The number of fused-ring (bicyclic) bond motifs is 2. The number of likely N-dealkylation sites (N-methyl/N-ethyl adjacent to an activating group) is 1. The summed E-state index contributed by atoms with van der Waals surface area (Å²) in [6.07, 6.45) is 0. The van der Waals surface area contributed by atoms with Crippen LogP contribution in [0.2, 0.25) is 0 Å². The van der Waals surface area contributed by atoms with Crippen LogP contribution in [0.25, 0.3) is 0 Å². The van der Waals surface area contributed by atoms with Crippen LogP contribution in [-0.4, -0.2) is 54.8 Å². The van der Waals surface area contributed by atoms with Crippen LogP contribution in [0.1, 0.15) is 33.2 Å². The van der Waals surface area contributed by atoms with Crippen molar-refractivity contribution in [2.24, 2.45) is 5.41 Å². The Morgan fingerprint density at radius 3 is 2.48 bits per heavy atom. The van der Waals surface area contributed by atoms with Crippen LogP contribution in [-0.2, 0) is 6.54 Å². The molecule has 1 saturated heterocycles. The number of hydrogen-bond donors (Lipinski definition) is 0. The van der Waals surface area contributed by atoms with Crippen LogP contribution in [0.3, 0.4) is 0 Å². The van der Waals surface area contributed by atoms with Crippen molar-refractivity contribution in [3.8, 4) is 5.75 Å². The van der Waals surface area contributed by atoms with Gasteiger partial charge in [0.25, 0.3) is 5.91 Å². The normalized spacial score (nSPS) is 25.1. The minimum absolute atomic E-state index is 0.0586. The molecule has 2 aromatic rings. The van der Waals surface area contributed by atoms with Crippen LogP contribution in [0.15, 0.2) is 48.5 Å². The van der Waals surface area contributed by atoms with E-state index in [0.29, 0.717) is 30.8 Å². The number of hydrogen-bond acceptors (Lipinski definition) is 4. The SMILES string of the molecule is COc1ccccc1CN1C[C@H]2N(C)C(=O)c3ccccc3C(=O)[C@@]2(C)C1. The van der Waals surface area contributed by atoms with Gasteiger partial charge < -0.3 is 9.64 Å². The fraction of sp³-hybridized carbons (Fsp3) is 0.364. The fourth-order valence-electron chi connectivity index (χ4n) is 4.56. The van der Waals surface area contributed by atoms with E-state index >= 15 is 0 Å². The summed E-state index contributed by atoms with van der Waals surface area (Å²) in [4.78, 5) is 30.4. The lowest BCUT2D eigenvalue weighted by Crippen LogP contribution is -2.47. The highest BCUT2D eigenvalue weighted by atomic mass is 16.5. The molecule has 2 aliphatic rings. The molecule has 1 fully saturated rings. The zero-order valence-electron chi connectivity index (χ0n) is 15.9. The summed E-state index contributed by atoms with van der Waals surface area (Å²) in [7, 11) is 3.48. The summed E-state index contributed by atoms with van der Waals surface area (Å²) in [5.74, 6) is 0.825. The highest BCUT2D eigenvalue weighted by Gasteiger charge is 2.53. The van der Waals surface area contributed by atoms with Gasteiger partial charge in [0, 0.05) is 37.8 Å². The molecule has 0 bridgehead atoms. The first kappa shape index (κ1) is 17.7. The maximum atomic E-state index is 13.4. The molecule has 140 valence electrons. The number of rotatable bonds is 3. The molecular formula is C22H24N2O3. The zero-order valence-corrected chi connectivity index (χ0v) is 15.9. The summed E-state index contributed by atoms with van der Waals surface area (Å²) in [5.41, 5.74) is 1.51. The molecule has 2 aliphatic heterocycles. The van der Waals surface area contributed by atoms with E-state index in [-0.39, 0.29) is 17.7 Å². The van der Waals surface area contributed by atoms with E-state index in [1.807, 2.05) is 50.4 Å². The number of carbonyl (C=O) groups excluding carboxylic acids is 2. The fourth-order valence-corrected chi connectivity index (χ4v) is 4.56. The van der Waals surface area contributed by atoms with Crippen molar-refractivity contribution in [1.29, 1.82) is 0 Å². The van der Waals surface area contributed by atoms with Gasteiger partial charge in [0.1, 0.15) is 5.75 Å². The molecule has 5 nitrogen and oxygen atoms in total. The van der Waals surface area contributed by atoms with Crippen LogP contribution in [0, 0.1) is 5.41 Å². The first-order chi connectivity index (χ1) is 13.0. The summed E-state index contributed by atoms with van der Waals surface area (Å²) >= 11 is 0. The summed E-state index contributed by atoms with van der Waals surface area (Å²) in [6.45, 7) is 3.96. The molecule has 1 amide bonds. The predicted octanol–water partition coefficient (Wildman–Crippen LogP) is 2.85. The van der Waals surface area contributed by atoms with Gasteiger partial charge in [-0.15, -0.1) is 0 Å². The minimum Gasteiger partial charge on any atom is -0.496 e. The number of ketones is 1.